The van der Waals surface area contributed by atoms with E-state index in [1.165, 1.54) is 289 Å². The van der Waals surface area contributed by atoms with Gasteiger partial charge in [0.1, 0.15) is 13.2 Å². The maximum atomic E-state index is 13.0. The number of carbonyl (C=O) groups excluding carboxylic acids is 1. The number of amides is 1. The molecule has 0 aromatic rings. The van der Waals surface area contributed by atoms with Crippen molar-refractivity contribution < 1.29 is 32.9 Å². The van der Waals surface area contributed by atoms with Gasteiger partial charge in [-0.15, -0.1) is 0 Å². The fourth-order valence-electron chi connectivity index (χ4n) is 10.5. The van der Waals surface area contributed by atoms with E-state index in [2.05, 4.69) is 19.2 Å². The summed E-state index contributed by atoms with van der Waals surface area (Å²) < 4.78 is 23.5. The third-order valence-electron chi connectivity index (χ3n) is 15.6. The molecule has 0 heterocycles. The Kier molecular flexibility index (Phi) is 55.8. The van der Waals surface area contributed by atoms with Gasteiger partial charge in [0.15, 0.2) is 0 Å². The molecule has 3 atom stereocenters. The monoisotopic (exact) mass is 1050 g/mol. The van der Waals surface area contributed by atoms with Crippen molar-refractivity contribution in [1.29, 1.82) is 0 Å². The van der Waals surface area contributed by atoms with Crippen LogP contribution in [0.4, 0.5) is 0 Å². The quantitative estimate of drug-likeness (QED) is 0.0357. The molecule has 0 aromatic carbocycles. The number of phosphoric acid groups is 1. The molecule has 0 aromatic heterocycles. The van der Waals surface area contributed by atoms with Gasteiger partial charge in [0, 0.05) is 6.42 Å². The van der Waals surface area contributed by atoms with Crippen molar-refractivity contribution in [2.75, 3.05) is 40.9 Å². The molecule has 1 amide bonds. The highest BCUT2D eigenvalue weighted by Crippen LogP contribution is 2.38. The SMILES string of the molecule is CCCCCCCCCCCCCCCCCCCCCCCCCCCCCCCCCCC(=O)NC(COP(=O)([O-])OCC[N+](C)(C)C)C(O)CCCCCCCCCCCCCCCCCCCCC. The Morgan fingerprint density at radius 3 is 0.932 bits per heavy atom. The van der Waals surface area contributed by atoms with Gasteiger partial charge in [-0.25, -0.2) is 0 Å². The number of aliphatic hydroxyl groups is 1. The number of nitrogens with zero attached hydrogens (tertiary/aromatic N) is 1. The van der Waals surface area contributed by atoms with Gasteiger partial charge < -0.3 is 28.8 Å². The van der Waals surface area contributed by atoms with Gasteiger partial charge in [-0.3, -0.25) is 9.36 Å². The zero-order valence-corrected chi connectivity index (χ0v) is 51.0. The smallest absolute Gasteiger partial charge is 0.268 e. The molecule has 0 spiro atoms. The Morgan fingerprint density at radius 2 is 0.671 bits per heavy atom. The van der Waals surface area contributed by atoms with Gasteiger partial charge in [-0.05, 0) is 12.8 Å². The third kappa shape index (κ3) is 59.0. The van der Waals surface area contributed by atoms with Crippen LogP contribution in [-0.4, -0.2) is 68.5 Å². The molecule has 3 unspecified atom stereocenters. The number of phosphoric ester groups is 1. The van der Waals surface area contributed by atoms with E-state index in [0.29, 0.717) is 23.9 Å². The minimum atomic E-state index is -4.57. The molecule has 0 fully saturated rings. The first-order valence-corrected chi connectivity index (χ1v) is 34.3. The molecule has 0 aliphatic rings. The van der Waals surface area contributed by atoms with Gasteiger partial charge in [-0.2, -0.15) is 0 Å². The average molecular weight is 1060 g/mol. The average Bonchev–Trinajstić information content (AvgIpc) is 3.35. The Hall–Kier alpha value is -0.500. The van der Waals surface area contributed by atoms with Crippen LogP contribution in [0.25, 0.3) is 0 Å². The van der Waals surface area contributed by atoms with Crippen molar-refractivity contribution >= 4 is 13.7 Å². The molecule has 73 heavy (non-hydrogen) atoms. The standard InChI is InChI=1S/C64H131N2O6P/c1-6-8-10-12-14-16-18-20-22-24-26-27-28-29-30-31-32-33-34-35-36-37-38-40-42-44-46-48-50-52-54-56-58-64(68)65-62(61-72-73(69,70)71-60-59-66(3,4)5)63(67)57-55-53-51-49-47-45-43-41-39-25-23-21-19-17-15-13-11-9-7-2/h62-63,67H,6-61H2,1-5H3,(H-,65,68,69,70). The van der Waals surface area contributed by atoms with E-state index in [4.69, 9.17) is 9.05 Å². The molecule has 0 radical (unpaired) electrons. The van der Waals surface area contributed by atoms with E-state index >= 15 is 0 Å². The minimum Gasteiger partial charge on any atom is -0.756 e. The second-order valence-corrected chi connectivity index (χ2v) is 25.6. The summed E-state index contributed by atoms with van der Waals surface area (Å²) in [6, 6.07) is -0.796. The highest BCUT2D eigenvalue weighted by Gasteiger charge is 2.24. The van der Waals surface area contributed by atoms with Crippen molar-refractivity contribution in [2.24, 2.45) is 0 Å². The van der Waals surface area contributed by atoms with Crippen molar-refractivity contribution in [1.82, 2.24) is 5.32 Å². The summed E-state index contributed by atoms with van der Waals surface area (Å²) in [4.78, 5) is 25.6. The summed E-state index contributed by atoms with van der Waals surface area (Å²) in [7, 11) is 1.33. The molecule has 2 N–H and O–H groups in total. The maximum Gasteiger partial charge on any atom is 0.268 e. The van der Waals surface area contributed by atoms with E-state index in [0.717, 1.165) is 38.5 Å². The molecule has 0 bridgehead atoms. The van der Waals surface area contributed by atoms with Gasteiger partial charge in [0.05, 0.1) is 39.9 Å². The van der Waals surface area contributed by atoms with Crippen LogP contribution in [0.15, 0.2) is 0 Å². The molecule has 0 rings (SSSR count). The largest absolute Gasteiger partial charge is 0.756 e. The molecular weight excluding hydrogens is 924 g/mol. The molecule has 438 valence electrons. The van der Waals surface area contributed by atoms with E-state index in [9.17, 15) is 19.4 Å². The lowest BCUT2D eigenvalue weighted by Gasteiger charge is -2.30. The van der Waals surface area contributed by atoms with Gasteiger partial charge in [-0.1, -0.05) is 335 Å². The van der Waals surface area contributed by atoms with Gasteiger partial charge in [0.25, 0.3) is 7.82 Å². The molecule has 0 saturated carbocycles. The predicted molar refractivity (Wildman–Crippen MR) is 316 cm³/mol. The van der Waals surface area contributed by atoms with E-state index < -0.39 is 20.0 Å². The predicted octanol–water partition coefficient (Wildman–Crippen LogP) is 19.8. The van der Waals surface area contributed by atoms with Crippen LogP contribution in [0.3, 0.4) is 0 Å². The molecule has 0 aliphatic heterocycles. The van der Waals surface area contributed by atoms with Gasteiger partial charge >= 0.3 is 0 Å². The number of hydrogen-bond donors (Lipinski definition) is 2. The first kappa shape index (κ1) is 72.5. The summed E-state index contributed by atoms with van der Waals surface area (Å²) in [5.74, 6) is -0.155. The highest BCUT2D eigenvalue weighted by atomic mass is 31.2. The van der Waals surface area contributed by atoms with Crippen molar-refractivity contribution in [3.05, 3.63) is 0 Å². The number of nitrogens with one attached hydrogen (secondary N) is 1. The lowest BCUT2D eigenvalue weighted by Crippen LogP contribution is -2.46. The van der Waals surface area contributed by atoms with Crippen LogP contribution in [0.2, 0.25) is 0 Å². The van der Waals surface area contributed by atoms with Crippen molar-refractivity contribution in [3.63, 3.8) is 0 Å². The Labute approximate surface area is 457 Å². The van der Waals surface area contributed by atoms with Crippen LogP contribution in [0.1, 0.15) is 354 Å². The molecule has 0 aliphatic carbocycles. The van der Waals surface area contributed by atoms with Crippen LogP contribution in [-0.2, 0) is 18.4 Å². The third-order valence-corrected chi connectivity index (χ3v) is 16.6. The first-order chi connectivity index (χ1) is 35.5. The van der Waals surface area contributed by atoms with E-state index in [-0.39, 0.29) is 19.1 Å². The van der Waals surface area contributed by atoms with Crippen molar-refractivity contribution in [2.45, 2.75) is 366 Å². The second kappa shape index (κ2) is 56.2. The summed E-state index contributed by atoms with van der Waals surface area (Å²) in [5.41, 5.74) is 0. The molecule has 8 nitrogen and oxygen atoms in total. The van der Waals surface area contributed by atoms with Gasteiger partial charge in [0.2, 0.25) is 5.91 Å². The van der Waals surface area contributed by atoms with Crippen molar-refractivity contribution in [3.8, 4) is 0 Å². The summed E-state index contributed by atoms with van der Waals surface area (Å²) >= 11 is 0. The number of likely N-dealkylation sites (N-methyl/N-ethyl adjacent to an activating group) is 1. The molecule has 0 saturated heterocycles. The minimum absolute atomic E-state index is 0.0168. The lowest BCUT2D eigenvalue weighted by molar-refractivity contribution is -0.870. The van der Waals surface area contributed by atoms with Crippen LogP contribution < -0.4 is 10.2 Å². The number of rotatable bonds is 62. The Balaban J connectivity index is 3.96. The summed E-state index contributed by atoms with van der Waals surface area (Å²) in [6.07, 6.45) is 68.8. The number of carbonyl (C=O) groups is 1. The fraction of sp³-hybridized carbons (Fsp3) is 0.984. The first-order valence-electron chi connectivity index (χ1n) is 32.9. The summed E-state index contributed by atoms with van der Waals surface area (Å²) in [5, 5.41) is 14.1. The maximum absolute atomic E-state index is 13.0. The topological polar surface area (TPSA) is 108 Å². The van der Waals surface area contributed by atoms with E-state index in [1.807, 2.05) is 21.1 Å². The number of quaternary nitrogens is 1. The molecular formula is C64H131N2O6P. The fourth-order valence-corrected chi connectivity index (χ4v) is 11.2. The summed E-state index contributed by atoms with van der Waals surface area (Å²) in [6.45, 7) is 4.79. The number of hydrogen-bond acceptors (Lipinski definition) is 6. The Morgan fingerprint density at radius 1 is 0.425 bits per heavy atom. The zero-order valence-electron chi connectivity index (χ0n) is 50.1. The number of unbranched alkanes of at least 4 members (excludes halogenated alkanes) is 49. The Bertz CT molecular complexity index is 1150. The lowest BCUT2D eigenvalue weighted by atomic mass is 10.0. The van der Waals surface area contributed by atoms with Crippen LogP contribution in [0.5, 0.6) is 0 Å². The normalized spacial score (nSPS) is 13.7. The van der Waals surface area contributed by atoms with Crippen LogP contribution in [0, 0.1) is 0 Å². The second-order valence-electron chi connectivity index (χ2n) is 24.2. The zero-order chi connectivity index (χ0) is 53.5. The number of aliphatic hydroxyl groups excluding tert-OH is 1. The van der Waals surface area contributed by atoms with E-state index in [1.54, 1.807) is 0 Å². The van der Waals surface area contributed by atoms with Crippen LogP contribution >= 0.6 is 7.82 Å². The molecule has 9 heteroatoms. The highest BCUT2D eigenvalue weighted by molar-refractivity contribution is 7.45.